The van der Waals surface area contributed by atoms with Crippen LogP contribution in [0.4, 0.5) is 11.4 Å². The molecule has 1 amide bonds. The largest absolute Gasteiger partial charge is 0.494 e. The fraction of sp³-hybridized carbons (Fsp3) is 0.462. The summed E-state index contributed by atoms with van der Waals surface area (Å²) < 4.78 is 16.4. The van der Waals surface area contributed by atoms with Crippen LogP contribution in [-0.4, -0.2) is 53.3 Å². The number of nitrogens with zero attached hydrogens (tertiary/aromatic N) is 1. The number of nitrogens with one attached hydrogen (secondary N) is 1. The maximum atomic E-state index is 12.0. The van der Waals surface area contributed by atoms with Gasteiger partial charge in [0.2, 0.25) is 5.91 Å². The Bertz CT molecular complexity index is 512. The summed E-state index contributed by atoms with van der Waals surface area (Å²) in [6, 6.07) is 5.10. The Balaban J connectivity index is 1.93. The lowest BCUT2D eigenvalue weighted by Gasteiger charge is -2.25. The van der Waals surface area contributed by atoms with Gasteiger partial charge in [0.15, 0.2) is 0 Å². The van der Waals surface area contributed by atoms with Gasteiger partial charge in [0.25, 0.3) is 0 Å². The van der Waals surface area contributed by atoms with Crippen molar-refractivity contribution >= 4 is 28.1 Å². The van der Waals surface area contributed by atoms with Crippen LogP contribution in [0.5, 0.6) is 5.75 Å². The Morgan fingerprint density at radius 3 is 2.80 bits per heavy atom. The number of nitrogen functional groups attached to an aromatic ring is 1. The highest BCUT2D eigenvalue weighted by atomic mass is 32.2. The van der Waals surface area contributed by atoms with Crippen molar-refractivity contribution in [1.82, 2.24) is 4.90 Å². The Hall–Kier alpha value is -1.60. The van der Waals surface area contributed by atoms with Gasteiger partial charge >= 0.3 is 0 Å². The van der Waals surface area contributed by atoms with E-state index in [1.807, 2.05) is 4.90 Å². The predicted molar refractivity (Wildman–Crippen MR) is 80.4 cm³/mol. The second-order valence-corrected chi connectivity index (χ2v) is 6.33. The molecule has 0 saturated carbocycles. The second-order valence-electron chi connectivity index (χ2n) is 4.63. The van der Waals surface area contributed by atoms with E-state index < -0.39 is 10.8 Å². The first-order valence-corrected chi connectivity index (χ1v) is 7.88. The van der Waals surface area contributed by atoms with Crippen LogP contribution in [0.15, 0.2) is 18.2 Å². The number of hydrogen-bond donors (Lipinski definition) is 2. The van der Waals surface area contributed by atoms with Crippen LogP contribution in [0.25, 0.3) is 0 Å². The van der Waals surface area contributed by atoms with Gasteiger partial charge in [0.05, 0.1) is 19.3 Å². The van der Waals surface area contributed by atoms with Crippen LogP contribution in [0, 0.1) is 0 Å². The maximum absolute atomic E-state index is 12.0. The lowest BCUT2D eigenvalue weighted by atomic mass is 10.2. The molecule has 1 aliphatic heterocycles. The summed E-state index contributed by atoms with van der Waals surface area (Å²) in [7, 11) is 0.803. The van der Waals surface area contributed by atoms with Gasteiger partial charge in [-0.1, -0.05) is 0 Å². The highest BCUT2D eigenvalue weighted by Gasteiger charge is 2.18. The SMILES string of the molecule is COc1cc(N)ccc1NC(=O)CN1CCS(=O)CC1. The third-order valence-electron chi connectivity index (χ3n) is 3.14. The van der Waals surface area contributed by atoms with Gasteiger partial charge in [0.1, 0.15) is 5.75 Å². The smallest absolute Gasteiger partial charge is 0.238 e. The van der Waals surface area contributed by atoms with Crippen LogP contribution >= 0.6 is 0 Å². The number of amides is 1. The summed E-state index contributed by atoms with van der Waals surface area (Å²) in [5.41, 5.74) is 6.85. The summed E-state index contributed by atoms with van der Waals surface area (Å²) in [4.78, 5) is 14.0. The Morgan fingerprint density at radius 1 is 1.45 bits per heavy atom. The number of anilines is 2. The van der Waals surface area contributed by atoms with Gasteiger partial charge in [0, 0.05) is 47.1 Å². The predicted octanol–water partition coefficient (Wildman–Crippen LogP) is 0.280. The molecule has 0 bridgehead atoms. The first kappa shape index (κ1) is 14.8. The van der Waals surface area contributed by atoms with Crippen LogP contribution in [0.2, 0.25) is 0 Å². The molecule has 6 nitrogen and oxygen atoms in total. The van der Waals surface area contributed by atoms with Crippen LogP contribution in [0.3, 0.4) is 0 Å². The lowest BCUT2D eigenvalue weighted by molar-refractivity contribution is -0.117. The van der Waals surface area contributed by atoms with Crippen molar-refractivity contribution < 1.29 is 13.7 Å². The second kappa shape index (κ2) is 6.71. The molecule has 1 aromatic rings. The molecule has 110 valence electrons. The van der Waals surface area contributed by atoms with E-state index in [9.17, 15) is 9.00 Å². The third kappa shape index (κ3) is 3.94. The van der Waals surface area contributed by atoms with E-state index in [4.69, 9.17) is 10.5 Å². The van der Waals surface area contributed by atoms with Gasteiger partial charge < -0.3 is 15.8 Å². The number of methoxy groups -OCH3 is 1. The van der Waals surface area contributed by atoms with Crippen molar-refractivity contribution in [3.8, 4) is 5.75 Å². The first-order valence-electron chi connectivity index (χ1n) is 6.39. The van der Waals surface area contributed by atoms with Gasteiger partial charge in [-0.05, 0) is 12.1 Å². The normalized spacial score (nSPS) is 16.9. The summed E-state index contributed by atoms with van der Waals surface area (Å²) in [5.74, 6) is 1.70. The average Bonchev–Trinajstić information content (AvgIpc) is 2.43. The molecule has 0 atom stereocenters. The molecule has 2 rings (SSSR count). The molecule has 0 aromatic heterocycles. The molecule has 1 heterocycles. The standard InChI is InChI=1S/C13H19N3O3S/c1-19-12-8-10(14)2-3-11(12)15-13(17)9-16-4-6-20(18)7-5-16/h2-3,8H,4-7,9,14H2,1H3,(H,15,17). The van der Waals surface area contributed by atoms with Crippen molar-refractivity contribution in [3.05, 3.63) is 18.2 Å². The minimum Gasteiger partial charge on any atom is -0.494 e. The highest BCUT2D eigenvalue weighted by molar-refractivity contribution is 7.85. The van der Waals surface area contributed by atoms with E-state index in [1.165, 1.54) is 7.11 Å². The average molecular weight is 297 g/mol. The summed E-state index contributed by atoms with van der Waals surface area (Å²) >= 11 is 0. The Morgan fingerprint density at radius 2 is 2.15 bits per heavy atom. The van der Waals surface area contributed by atoms with Gasteiger partial charge in [-0.3, -0.25) is 13.9 Å². The summed E-state index contributed by atoms with van der Waals surface area (Å²) in [6.45, 7) is 1.68. The van der Waals surface area contributed by atoms with E-state index in [-0.39, 0.29) is 5.91 Å². The fourth-order valence-electron chi connectivity index (χ4n) is 2.04. The highest BCUT2D eigenvalue weighted by Crippen LogP contribution is 2.26. The molecule has 1 aromatic carbocycles. The number of rotatable bonds is 4. The first-order chi connectivity index (χ1) is 9.58. The van der Waals surface area contributed by atoms with E-state index in [0.29, 0.717) is 48.3 Å². The molecule has 0 spiro atoms. The zero-order chi connectivity index (χ0) is 14.5. The number of carbonyl (C=O) groups excluding carboxylic acids is 1. The van der Waals surface area contributed by atoms with Crippen LogP contribution < -0.4 is 15.8 Å². The summed E-state index contributed by atoms with van der Waals surface area (Å²) in [5, 5.41) is 2.81. The zero-order valence-corrected chi connectivity index (χ0v) is 12.2. The zero-order valence-electron chi connectivity index (χ0n) is 11.4. The quantitative estimate of drug-likeness (QED) is 0.780. The Kier molecular flexibility index (Phi) is 4.97. The van der Waals surface area contributed by atoms with Crippen molar-refractivity contribution in [2.75, 3.05) is 49.3 Å². The van der Waals surface area contributed by atoms with Gasteiger partial charge in [-0.2, -0.15) is 0 Å². The molecule has 0 radical (unpaired) electrons. The molecule has 0 unspecified atom stereocenters. The number of carbonyl (C=O) groups is 1. The Labute approximate surface area is 120 Å². The van der Waals surface area contributed by atoms with E-state index in [2.05, 4.69) is 5.32 Å². The van der Waals surface area contributed by atoms with Crippen molar-refractivity contribution in [2.24, 2.45) is 0 Å². The van der Waals surface area contributed by atoms with E-state index >= 15 is 0 Å². The van der Waals surface area contributed by atoms with Crippen LogP contribution in [-0.2, 0) is 15.6 Å². The molecule has 3 N–H and O–H groups in total. The maximum Gasteiger partial charge on any atom is 0.238 e. The topological polar surface area (TPSA) is 84.7 Å². The molecule has 1 aliphatic rings. The number of hydrogen-bond acceptors (Lipinski definition) is 5. The number of ether oxygens (including phenoxy) is 1. The molecule has 1 saturated heterocycles. The third-order valence-corrected chi connectivity index (χ3v) is 4.41. The van der Waals surface area contributed by atoms with E-state index in [0.717, 1.165) is 0 Å². The minimum atomic E-state index is -0.729. The monoisotopic (exact) mass is 297 g/mol. The number of nitrogens with two attached hydrogens (primary N) is 1. The minimum absolute atomic E-state index is 0.110. The van der Waals surface area contributed by atoms with Crippen LogP contribution in [0.1, 0.15) is 0 Å². The van der Waals surface area contributed by atoms with Gasteiger partial charge in [-0.15, -0.1) is 0 Å². The fourth-order valence-corrected chi connectivity index (χ4v) is 3.17. The van der Waals surface area contributed by atoms with Crippen molar-refractivity contribution in [1.29, 1.82) is 0 Å². The summed E-state index contributed by atoms with van der Waals surface area (Å²) in [6.07, 6.45) is 0. The molecular formula is C13H19N3O3S. The van der Waals surface area contributed by atoms with E-state index in [1.54, 1.807) is 18.2 Å². The van der Waals surface area contributed by atoms with Crippen molar-refractivity contribution in [2.45, 2.75) is 0 Å². The van der Waals surface area contributed by atoms with Gasteiger partial charge in [-0.25, -0.2) is 0 Å². The molecule has 1 fully saturated rings. The molecular weight excluding hydrogens is 278 g/mol. The molecule has 7 heteroatoms. The van der Waals surface area contributed by atoms with Crippen molar-refractivity contribution in [3.63, 3.8) is 0 Å². The number of benzene rings is 1. The lowest BCUT2D eigenvalue weighted by Crippen LogP contribution is -2.42. The molecule has 0 aliphatic carbocycles. The molecule has 20 heavy (non-hydrogen) atoms.